The smallest absolute Gasteiger partial charge is 0.0228 e. The van der Waals surface area contributed by atoms with Crippen molar-refractivity contribution in [2.45, 2.75) is 52.9 Å². The molecule has 1 rings (SSSR count). The molecule has 0 aromatic heterocycles. The van der Waals surface area contributed by atoms with Crippen LogP contribution < -0.4 is 0 Å². The summed E-state index contributed by atoms with van der Waals surface area (Å²) in [6.07, 6.45) is 12.7. The van der Waals surface area contributed by atoms with Crippen molar-refractivity contribution in [1.82, 2.24) is 0 Å². The van der Waals surface area contributed by atoms with E-state index < -0.39 is 0 Å². The van der Waals surface area contributed by atoms with Crippen LogP contribution in [-0.4, -0.2) is 0 Å². The highest BCUT2D eigenvalue weighted by molar-refractivity contribution is 5.31. The Morgan fingerprint density at radius 1 is 1.33 bits per heavy atom. The summed E-state index contributed by atoms with van der Waals surface area (Å²) in [5.41, 5.74) is 3.36. The lowest BCUT2D eigenvalue weighted by molar-refractivity contribution is 0.313. The first-order chi connectivity index (χ1) is 7.05. The van der Waals surface area contributed by atoms with Gasteiger partial charge in [0.05, 0.1) is 0 Å². The fourth-order valence-corrected chi connectivity index (χ4v) is 2.12. The van der Waals surface area contributed by atoms with Crippen molar-refractivity contribution in [2.75, 3.05) is 0 Å². The van der Waals surface area contributed by atoms with Gasteiger partial charge in [0, 0.05) is 0 Å². The normalized spacial score (nSPS) is 23.9. The molecule has 0 bridgehead atoms. The molecule has 1 saturated carbocycles. The third-order valence-electron chi connectivity index (χ3n) is 3.19. The van der Waals surface area contributed by atoms with Crippen molar-refractivity contribution in [3.63, 3.8) is 0 Å². The van der Waals surface area contributed by atoms with E-state index >= 15 is 0 Å². The predicted octanol–water partition coefficient (Wildman–Crippen LogP) is 5.04. The molecule has 0 aromatic rings. The molecule has 0 atom stereocenters. The van der Waals surface area contributed by atoms with Crippen LogP contribution in [0.4, 0.5) is 0 Å². The van der Waals surface area contributed by atoms with Crippen LogP contribution in [0.1, 0.15) is 52.9 Å². The van der Waals surface area contributed by atoms with Crippen LogP contribution in [0.5, 0.6) is 0 Å². The second kappa shape index (κ2) is 5.34. The maximum atomic E-state index is 4.17. The first-order valence-corrected chi connectivity index (χ1v) is 6.03. The molecule has 0 radical (unpaired) electrons. The summed E-state index contributed by atoms with van der Waals surface area (Å²) in [6, 6.07) is 0. The van der Waals surface area contributed by atoms with E-state index in [1.54, 1.807) is 0 Å². The fraction of sp³-hybridized carbons (Fsp3) is 0.600. The lowest BCUT2D eigenvalue weighted by Gasteiger charge is -2.32. The van der Waals surface area contributed by atoms with Crippen LogP contribution in [0.3, 0.4) is 0 Å². The lowest BCUT2D eigenvalue weighted by atomic mass is 9.73. The van der Waals surface area contributed by atoms with Crippen LogP contribution in [0.2, 0.25) is 0 Å². The molecule has 0 spiro atoms. The number of allylic oxidation sites excluding steroid dienone is 5. The Kier molecular flexibility index (Phi) is 4.38. The van der Waals surface area contributed by atoms with E-state index in [1.165, 1.54) is 30.4 Å². The first kappa shape index (κ1) is 12.3. The van der Waals surface area contributed by atoms with Gasteiger partial charge in [0.25, 0.3) is 0 Å². The van der Waals surface area contributed by atoms with E-state index in [1.807, 2.05) is 0 Å². The molecule has 1 aliphatic rings. The van der Waals surface area contributed by atoms with Gasteiger partial charge in [0.15, 0.2) is 0 Å². The van der Waals surface area contributed by atoms with E-state index in [-0.39, 0.29) is 0 Å². The van der Waals surface area contributed by atoms with Gasteiger partial charge in [-0.2, -0.15) is 0 Å². The molecule has 0 aliphatic heterocycles. The van der Waals surface area contributed by atoms with E-state index in [0.717, 1.165) is 12.8 Å². The van der Waals surface area contributed by atoms with Gasteiger partial charge in [-0.25, -0.2) is 0 Å². The highest BCUT2D eigenvalue weighted by Gasteiger charge is 2.25. The van der Waals surface area contributed by atoms with E-state index in [9.17, 15) is 0 Å². The second-order valence-electron chi connectivity index (χ2n) is 5.32. The average Bonchev–Trinajstić information content (AvgIpc) is 2.18. The number of hydrogen-bond donors (Lipinski definition) is 0. The first-order valence-electron chi connectivity index (χ1n) is 6.03. The molecular formula is C15H24. The van der Waals surface area contributed by atoms with Gasteiger partial charge in [-0.15, -0.1) is 0 Å². The topological polar surface area (TPSA) is 0 Å². The quantitative estimate of drug-likeness (QED) is 0.446. The number of rotatable bonds is 3. The molecule has 15 heavy (non-hydrogen) atoms. The Hall–Kier alpha value is -0.780. The summed E-state index contributed by atoms with van der Waals surface area (Å²) in [4.78, 5) is 0. The van der Waals surface area contributed by atoms with Crippen molar-refractivity contribution in [1.29, 1.82) is 0 Å². The Balaban J connectivity index is 2.54. The van der Waals surface area contributed by atoms with Gasteiger partial charge in [0.1, 0.15) is 0 Å². The van der Waals surface area contributed by atoms with Gasteiger partial charge >= 0.3 is 0 Å². The maximum Gasteiger partial charge on any atom is -0.0228 e. The molecule has 0 amide bonds. The van der Waals surface area contributed by atoms with Crippen molar-refractivity contribution < 1.29 is 0 Å². The van der Waals surface area contributed by atoms with E-state index in [0.29, 0.717) is 5.41 Å². The van der Waals surface area contributed by atoms with Crippen LogP contribution in [0.25, 0.3) is 0 Å². The molecule has 1 aliphatic carbocycles. The number of hydrogen-bond acceptors (Lipinski definition) is 0. The molecule has 0 heteroatoms. The van der Waals surface area contributed by atoms with Gasteiger partial charge < -0.3 is 0 Å². The Labute approximate surface area is 94.8 Å². The van der Waals surface area contributed by atoms with Crippen molar-refractivity contribution >= 4 is 0 Å². The summed E-state index contributed by atoms with van der Waals surface area (Å²) >= 11 is 0. The maximum absolute atomic E-state index is 4.17. The van der Waals surface area contributed by atoms with E-state index in [2.05, 4.69) is 45.6 Å². The minimum atomic E-state index is 0.480. The zero-order valence-corrected chi connectivity index (χ0v) is 10.5. The SMILES string of the molecule is C=C1CCC(C)(C)C/C1=C\CC/C=C\C. The molecule has 0 heterocycles. The Morgan fingerprint density at radius 3 is 2.73 bits per heavy atom. The van der Waals surface area contributed by atoms with Gasteiger partial charge in [-0.3, -0.25) is 0 Å². The molecule has 0 N–H and O–H groups in total. The second-order valence-corrected chi connectivity index (χ2v) is 5.32. The van der Waals surface area contributed by atoms with Crippen molar-refractivity contribution in [3.05, 3.63) is 36.0 Å². The van der Waals surface area contributed by atoms with Crippen LogP contribution in [0, 0.1) is 5.41 Å². The van der Waals surface area contributed by atoms with Crippen LogP contribution >= 0.6 is 0 Å². The molecule has 1 fully saturated rings. The summed E-state index contributed by atoms with van der Waals surface area (Å²) in [7, 11) is 0. The fourth-order valence-electron chi connectivity index (χ4n) is 2.12. The molecule has 0 nitrogen and oxygen atoms in total. The average molecular weight is 204 g/mol. The van der Waals surface area contributed by atoms with Crippen LogP contribution in [-0.2, 0) is 0 Å². The van der Waals surface area contributed by atoms with E-state index in [4.69, 9.17) is 0 Å². The molecule has 0 saturated heterocycles. The third kappa shape index (κ3) is 4.07. The Bertz CT molecular complexity index is 276. The Morgan fingerprint density at radius 2 is 2.07 bits per heavy atom. The largest absolute Gasteiger partial charge is 0.0956 e. The summed E-state index contributed by atoms with van der Waals surface area (Å²) in [5, 5.41) is 0. The van der Waals surface area contributed by atoms with Gasteiger partial charge in [-0.1, -0.05) is 44.2 Å². The summed E-state index contributed by atoms with van der Waals surface area (Å²) < 4.78 is 0. The molecular weight excluding hydrogens is 180 g/mol. The lowest BCUT2D eigenvalue weighted by Crippen LogP contribution is -2.18. The minimum absolute atomic E-state index is 0.480. The molecule has 0 unspecified atom stereocenters. The van der Waals surface area contributed by atoms with Crippen LogP contribution in [0.15, 0.2) is 36.0 Å². The van der Waals surface area contributed by atoms with Crippen molar-refractivity contribution in [3.8, 4) is 0 Å². The number of unbranched alkanes of at least 4 members (excludes halogenated alkanes) is 1. The summed E-state index contributed by atoms with van der Waals surface area (Å²) in [5.74, 6) is 0. The zero-order chi connectivity index (χ0) is 11.3. The summed E-state index contributed by atoms with van der Waals surface area (Å²) in [6.45, 7) is 11.0. The highest BCUT2D eigenvalue weighted by Crippen LogP contribution is 2.40. The van der Waals surface area contributed by atoms with Gasteiger partial charge in [-0.05, 0) is 50.0 Å². The van der Waals surface area contributed by atoms with Crippen molar-refractivity contribution in [2.24, 2.45) is 5.41 Å². The highest BCUT2D eigenvalue weighted by atomic mass is 14.3. The molecule has 84 valence electrons. The van der Waals surface area contributed by atoms with Gasteiger partial charge in [0.2, 0.25) is 0 Å². The zero-order valence-electron chi connectivity index (χ0n) is 10.5. The monoisotopic (exact) mass is 204 g/mol. The molecule has 0 aromatic carbocycles. The third-order valence-corrected chi connectivity index (χ3v) is 3.19. The minimum Gasteiger partial charge on any atom is -0.0956 e. The predicted molar refractivity (Wildman–Crippen MR) is 68.9 cm³/mol. The standard InChI is InChI=1S/C15H24/c1-5-6-7-8-9-14-12-15(3,4)11-10-13(14)2/h5-6,9H,2,7-8,10-12H2,1,3-4H3/b6-5-,14-9+.